The first-order valence-corrected chi connectivity index (χ1v) is 8.39. The molecule has 0 aliphatic carbocycles. The van der Waals surface area contributed by atoms with Gasteiger partial charge in [-0.1, -0.05) is 54.6 Å². The van der Waals surface area contributed by atoms with Gasteiger partial charge in [0.25, 0.3) is 0 Å². The summed E-state index contributed by atoms with van der Waals surface area (Å²) >= 11 is 0. The van der Waals surface area contributed by atoms with E-state index in [1.807, 2.05) is 6.07 Å². The van der Waals surface area contributed by atoms with Gasteiger partial charge in [0.1, 0.15) is 5.75 Å². The van der Waals surface area contributed by atoms with E-state index in [0.29, 0.717) is 11.1 Å². The average molecular weight is 374 g/mol. The molecule has 28 heavy (non-hydrogen) atoms. The second kappa shape index (κ2) is 8.77. The summed E-state index contributed by atoms with van der Waals surface area (Å²) in [5.74, 6) is -0.607. The van der Waals surface area contributed by atoms with Crippen LogP contribution in [0.4, 0.5) is 5.69 Å². The Morgan fingerprint density at radius 1 is 0.893 bits per heavy atom. The average Bonchev–Trinajstić information content (AvgIpc) is 2.73. The van der Waals surface area contributed by atoms with Crippen LogP contribution in [0.5, 0.6) is 5.75 Å². The van der Waals surface area contributed by atoms with Crippen LogP contribution < -0.4 is 9.96 Å². The molecule has 0 spiro atoms. The highest BCUT2D eigenvalue weighted by Gasteiger charge is 2.12. The third kappa shape index (κ3) is 4.70. The number of benzene rings is 3. The zero-order chi connectivity index (χ0) is 19.9. The molecule has 0 saturated carbocycles. The van der Waals surface area contributed by atoms with Gasteiger partial charge >= 0.3 is 5.97 Å². The van der Waals surface area contributed by atoms with Gasteiger partial charge in [-0.15, -0.1) is 0 Å². The fourth-order valence-electron chi connectivity index (χ4n) is 2.49. The Kier molecular flexibility index (Phi) is 5.96. The predicted molar refractivity (Wildman–Crippen MR) is 105 cm³/mol. The van der Waals surface area contributed by atoms with E-state index in [0.717, 1.165) is 0 Å². The fourth-order valence-corrected chi connectivity index (χ4v) is 2.49. The van der Waals surface area contributed by atoms with Gasteiger partial charge in [-0.05, 0) is 36.4 Å². The number of ketones is 1. The van der Waals surface area contributed by atoms with E-state index in [4.69, 9.17) is 9.94 Å². The molecule has 0 radical (unpaired) electrons. The molecule has 1 N–H and O–H groups in total. The minimum absolute atomic E-state index is 0.0870. The molecule has 6 heteroatoms. The second-order valence-electron chi connectivity index (χ2n) is 5.81. The minimum atomic E-state index is -0.695. The Hall–Kier alpha value is -3.74. The molecule has 0 bridgehead atoms. The topological polar surface area (TPSA) is 89.9 Å². The van der Waals surface area contributed by atoms with E-state index < -0.39 is 5.97 Å². The maximum atomic E-state index is 12.4. The summed E-state index contributed by atoms with van der Waals surface area (Å²) in [5.41, 5.74) is 1.11. The van der Waals surface area contributed by atoms with E-state index >= 15 is 0 Å². The van der Waals surface area contributed by atoms with Crippen LogP contribution in [-0.2, 0) is 0 Å². The third-order valence-corrected chi connectivity index (χ3v) is 3.90. The van der Waals surface area contributed by atoms with Crippen molar-refractivity contribution in [3.63, 3.8) is 0 Å². The van der Waals surface area contributed by atoms with Gasteiger partial charge in [-0.2, -0.15) is 0 Å². The highest BCUT2D eigenvalue weighted by Crippen LogP contribution is 2.22. The summed E-state index contributed by atoms with van der Waals surface area (Å²) in [6.45, 7) is 0. The van der Waals surface area contributed by atoms with Crippen LogP contribution >= 0.6 is 0 Å². The van der Waals surface area contributed by atoms with Crippen LogP contribution in [0, 0.1) is 5.21 Å². The number of ether oxygens (including phenoxy) is 1. The maximum Gasteiger partial charge on any atom is 0.343 e. The summed E-state index contributed by atoms with van der Waals surface area (Å²) in [5, 5.41) is 19.6. The molecular weight excluding hydrogens is 358 g/mol. The summed E-state index contributed by atoms with van der Waals surface area (Å²) in [6.07, 6.45) is 2.98. The lowest BCUT2D eigenvalue weighted by Gasteiger charge is -2.21. The molecule has 0 aliphatic heterocycles. The number of hydrogen-bond donors (Lipinski definition) is 1. The van der Waals surface area contributed by atoms with Crippen molar-refractivity contribution >= 4 is 23.5 Å². The number of hydrogen-bond acceptors (Lipinski definition) is 6. The van der Waals surface area contributed by atoms with Crippen LogP contribution in [0.25, 0.3) is 6.08 Å². The van der Waals surface area contributed by atoms with Crippen molar-refractivity contribution in [2.45, 2.75) is 0 Å². The molecular formula is C22H16NO5-. The summed E-state index contributed by atoms with van der Waals surface area (Å²) in [4.78, 5) is 24.6. The van der Waals surface area contributed by atoms with Crippen molar-refractivity contribution in [1.29, 1.82) is 0 Å². The Morgan fingerprint density at radius 3 is 2.32 bits per heavy atom. The van der Waals surface area contributed by atoms with Gasteiger partial charge in [0.15, 0.2) is 5.78 Å². The van der Waals surface area contributed by atoms with Gasteiger partial charge in [-0.25, -0.2) is 4.79 Å². The largest absolute Gasteiger partial charge is 0.733 e. The van der Waals surface area contributed by atoms with Crippen LogP contribution in [0.3, 0.4) is 0 Å². The van der Waals surface area contributed by atoms with Gasteiger partial charge in [0.05, 0.1) is 11.3 Å². The first-order valence-electron chi connectivity index (χ1n) is 8.39. The van der Waals surface area contributed by atoms with Crippen LogP contribution in [0.15, 0.2) is 84.9 Å². The Balaban J connectivity index is 1.79. The SMILES string of the molecule is O=C(C=Cc1ccccc1OC(=O)c1cccc(N([O-])O)c1)c1ccccc1. The summed E-state index contributed by atoms with van der Waals surface area (Å²) < 4.78 is 5.40. The number of esters is 1. The van der Waals surface area contributed by atoms with Crippen molar-refractivity contribution in [1.82, 2.24) is 0 Å². The first-order chi connectivity index (χ1) is 13.5. The van der Waals surface area contributed by atoms with E-state index in [1.54, 1.807) is 54.6 Å². The molecule has 0 saturated heterocycles. The highest BCUT2D eigenvalue weighted by atomic mass is 16.8. The van der Waals surface area contributed by atoms with Crippen LogP contribution in [0.1, 0.15) is 26.3 Å². The van der Waals surface area contributed by atoms with Gasteiger partial charge in [0.2, 0.25) is 0 Å². The molecule has 3 aromatic rings. The quantitative estimate of drug-likeness (QED) is 0.225. The Bertz CT molecular complexity index is 1010. The number of carbonyl (C=O) groups excluding carboxylic acids is 2. The smallest absolute Gasteiger partial charge is 0.343 e. The third-order valence-electron chi connectivity index (χ3n) is 3.90. The maximum absolute atomic E-state index is 12.4. The lowest BCUT2D eigenvalue weighted by molar-refractivity contribution is 0.0734. The van der Waals surface area contributed by atoms with Crippen LogP contribution in [-0.4, -0.2) is 17.0 Å². The summed E-state index contributed by atoms with van der Waals surface area (Å²) in [6, 6.07) is 21.1. The van der Waals surface area contributed by atoms with Crippen molar-refractivity contribution in [2.75, 3.05) is 5.23 Å². The molecule has 0 aliphatic rings. The van der Waals surface area contributed by atoms with E-state index in [-0.39, 0.29) is 28.0 Å². The zero-order valence-electron chi connectivity index (χ0n) is 14.7. The Labute approximate surface area is 161 Å². The lowest BCUT2D eigenvalue weighted by Crippen LogP contribution is -2.12. The molecule has 0 atom stereocenters. The highest BCUT2D eigenvalue weighted by molar-refractivity contribution is 6.07. The normalized spacial score (nSPS) is 10.6. The van der Waals surface area contributed by atoms with E-state index in [2.05, 4.69) is 0 Å². The van der Waals surface area contributed by atoms with Crippen molar-refractivity contribution in [2.24, 2.45) is 0 Å². The molecule has 0 fully saturated rings. The molecule has 140 valence electrons. The Morgan fingerprint density at radius 2 is 1.57 bits per heavy atom. The molecule has 0 amide bonds. The van der Waals surface area contributed by atoms with Gasteiger partial charge in [-0.3, -0.25) is 10.0 Å². The second-order valence-corrected chi connectivity index (χ2v) is 5.81. The van der Waals surface area contributed by atoms with Gasteiger partial charge in [0, 0.05) is 11.1 Å². The molecule has 0 aromatic heterocycles. The molecule has 3 rings (SSSR count). The summed E-state index contributed by atoms with van der Waals surface area (Å²) in [7, 11) is 0. The molecule has 0 unspecified atom stereocenters. The van der Waals surface area contributed by atoms with Crippen molar-refractivity contribution < 1.29 is 19.5 Å². The van der Waals surface area contributed by atoms with Crippen molar-refractivity contribution in [3.05, 3.63) is 107 Å². The number of para-hydroxylation sites is 1. The minimum Gasteiger partial charge on any atom is -0.733 e. The monoisotopic (exact) mass is 374 g/mol. The first kappa shape index (κ1) is 19.0. The van der Waals surface area contributed by atoms with Crippen molar-refractivity contribution in [3.8, 4) is 5.75 Å². The predicted octanol–water partition coefficient (Wildman–Crippen LogP) is 4.50. The van der Waals surface area contributed by atoms with E-state index in [1.165, 1.54) is 30.3 Å². The van der Waals surface area contributed by atoms with E-state index in [9.17, 15) is 14.8 Å². The molecule has 6 nitrogen and oxygen atoms in total. The number of allylic oxidation sites excluding steroid dienone is 1. The van der Waals surface area contributed by atoms with Gasteiger partial charge < -0.3 is 15.2 Å². The fraction of sp³-hybridized carbons (Fsp3) is 0. The lowest BCUT2D eigenvalue weighted by atomic mass is 10.1. The number of anilines is 1. The van der Waals surface area contributed by atoms with Crippen LogP contribution in [0.2, 0.25) is 0 Å². The number of rotatable bonds is 6. The zero-order valence-corrected chi connectivity index (χ0v) is 14.7. The standard InChI is InChI=1S/C22H16NO5/c24-20(16-7-2-1-3-8-16)14-13-17-9-4-5-12-21(17)28-22(25)18-10-6-11-19(15-18)23(26)27/h1-15,26H/q-1. The number of nitrogens with zero attached hydrogens (tertiary/aromatic N) is 1. The molecule has 0 heterocycles. The number of carbonyl (C=O) groups is 2. The molecule has 3 aromatic carbocycles.